The van der Waals surface area contributed by atoms with E-state index in [1.165, 1.54) is 0 Å². The van der Waals surface area contributed by atoms with Gasteiger partial charge in [-0.15, -0.1) is 0 Å². The molecule has 104 valence electrons. The van der Waals surface area contributed by atoms with Crippen molar-refractivity contribution < 1.29 is 4.79 Å². The lowest BCUT2D eigenvalue weighted by Crippen LogP contribution is -2.56. The predicted molar refractivity (Wildman–Crippen MR) is 86.8 cm³/mol. The summed E-state index contributed by atoms with van der Waals surface area (Å²) in [6.07, 6.45) is 0. The van der Waals surface area contributed by atoms with E-state index in [-0.39, 0.29) is 5.91 Å². The topological polar surface area (TPSA) is 23.6 Å². The first-order chi connectivity index (χ1) is 8.90. The van der Waals surface area contributed by atoms with Gasteiger partial charge in [0, 0.05) is 33.8 Å². The summed E-state index contributed by atoms with van der Waals surface area (Å²) in [5.74, 6) is 0.0821. The van der Waals surface area contributed by atoms with Crippen molar-refractivity contribution in [2.24, 2.45) is 0 Å². The molecule has 0 aromatic heterocycles. The molecule has 2 unspecified atom stereocenters. The van der Waals surface area contributed by atoms with Crippen LogP contribution in [0.25, 0.3) is 0 Å². The van der Waals surface area contributed by atoms with Crippen molar-refractivity contribution in [3.8, 4) is 0 Å². The molecular weight excluding hydrogens is 375 g/mol. The maximum absolute atomic E-state index is 12.6. The van der Waals surface area contributed by atoms with Gasteiger partial charge in [0.05, 0.1) is 5.56 Å². The first-order valence-electron chi connectivity index (χ1n) is 6.36. The van der Waals surface area contributed by atoms with E-state index in [1.54, 1.807) is 6.07 Å². The van der Waals surface area contributed by atoms with Crippen LogP contribution in [0, 0.1) is 3.57 Å². The lowest BCUT2D eigenvalue weighted by molar-refractivity contribution is 0.0413. The van der Waals surface area contributed by atoms with Gasteiger partial charge in [0.1, 0.15) is 0 Å². The normalized spacial score (nSPS) is 24.6. The number of rotatable bonds is 1. The molecule has 1 aliphatic rings. The van der Waals surface area contributed by atoms with Crippen molar-refractivity contribution in [3.63, 3.8) is 0 Å². The highest BCUT2D eigenvalue weighted by atomic mass is 127. The van der Waals surface area contributed by atoms with Crippen molar-refractivity contribution in [1.29, 1.82) is 0 Å². The Labute approximate surface area is 133 Å². The van der Waals surface area contributed by atoms with Crippen LogP contribution in [0.1, 0.15) is 24.2 Å². The average Bonchev–Trinajstić information content (AvgIpc) is 2.37. The summed E-state index contributed by atoms with van der Waals surface area (Å²) in [6.45, 7) is 5.84. The molecule has 0 bridgehead atoms. The Morgan fingerprint density at radius 1 is 1.32 bits per heavy atom. The number of piperazine rings is 1. The van der Waals surface area contributed by atoms with Gasteiger partial charge >= 0.3 is 0 Å². The van der Waals surface area contributed by atoms with Crippen molar-refractivity contribution in [1.82, 2.24) is 9.80 Å². The standard InChI is InChI=1S/C14H18ClIN2O/c1-9-7-18(8-10(2)17(9)3)14(19)12-6-11(15)4-5-13(12)16/h4-6,9-10H,7-8H2,1-3H3. The Bertz CT molecular complexity index is 482. The molecule has 5 heteroatoms. The molecule has 2 rings (SSSR count). The third kappa shape index (κ3) is 3.23. The van der Waals surface area contributed by atoms with Gasteiger partial charge in [-0.1, -0.05) is 11.6 Å². The number of benzene rings is 1. The van der Waals surface area contributed by atoms with E-state index in [4.69, 9.17) is 11.6 Å². The largest absolute Gasteiger partial charge is 0.335 e. The van der Waals surface area contributed by atoms with Crippen LogP contribution in [0.3, 0.4) is 0 Å². The van der Waals surface area contributed by atoms with E-state index < -0.39 is 0 Å². The van der Waals surface area contributed by atoms with Crippen LogP contribution in [-0.2, 0) is 0 Å². The Hall–Kier alpha value is -0.330. The Morgan fingerprint density at radius 2 is 1.89 bits per heavy atom. The van der Waals surface area contributed by atoms with Gasteiger partial charge < -0.3 is 4.90 Å². The molecule has 0 radical (unpaired) electrons. The van der Waals surface area contributed by atoms with E-state index in [0.29, 0.717) is 22.7 Å². The molecule has 1 fully saturated rings. The van der Waals surface area contributed by atoms with Crippen molar-refractivity contribution in [2.45, 2.75) is 25.9 Å². The zero-order chi connectivity index (χ0) is 14.2. The number of halogens is 2. The monoisotopic (exact) mass is 392 g/mol. The molecule has 0 saturated carbocycles. The third-order valence-corrected chi connectivity index (χ3v) is 4.98. The lowest BCUT2D eigenvalue weighted by atomic mass is 10.1. The summed E-state index contributed by atoms with van der Waals surface area (Å²) >= 11 is 8.18. The smallest absolute Gasteiger partial charge is 0.255 e. The number of nitrogens with zero attached hydrogens (tertiary/aromatic N) is 2. The number of carbonyl (C=O) groups excluding carboxylic acids is 1. The summed E-state index contributed by atoms with van der Waals surface area (Å²) in [5.41, 5.74) is 0.706. The van der Waals surface area contributed by atoms with Gasteiger partial charge in [0.15, 0.2) is 0 Å². The minimum atomic E-state index is 0.0821. The number of hydrogen-bond donors (Lipinski definition) is 0. The maximum Gasteiger partial charge on any atom is 0.255 e. The number of hydrogen-bond acceptors (Lipinski definition) is 2. The molecule has 1 aromatic rings. The number of carbonyl (C=O) groups is 1. The second kappa shape index (κ2) is 5.97. The molecule has 1 heterocycles. The van der Waals surface area contributed by atoms with Crippen LogP contribution in [0.4, 0.5) is 0 Å². The second-order valence-corrected chi connectivity index (χ2v) is 6.80. The highest BCUT2D eigenvalue weighted by Gasteiger charge is 2.30. The highest BCUT2D eigenvalue weighted by molar-refractivity contribution is 14.1. The van der Waals surface area contributed by atoms with Crippen LogP contribution < -0.4 is 0 Å². The summed E-state index contributed by atoms with van der Waals surface area (Å²) < 4.78 is 0.950. The fourth-order valence-electron chi connectivity index (χ4n) is 2.40. The van der Waals surface area contributed by atoms with Crippen molar-refractivity contribution in [2.75, 3.05) is 20.1 Å². The van der Waals surface area contributed by atoms with Crippen molar-refractivity contribution in [3.05, 3.63) is 32.4 Å². The summed E-state index contributed by atoms with van der Waals surface area (Å²) in [6, 6.07) is 6.22. The van der Waals surface area contributed by atoms with Crippen LogP contribution >= 0.6 is 34.2 Å². The summed E-state index contributed by atoms with van der Waals surface area (Å²) in [7, 11) is 2.11. The van der Waals surface area contributed by atoms with Gasteiger partial charge in [-0.25, -0.2) is 0 Å². The predicted octanol–water partition coefficient (Wildman–Crippen LogP) is 3.11. The molecule has 1 amide bonds. The van der Waals surface area contributed by atoms with E-state index in [9.17, 15) is 4.79 Å². The molecule has 1 saturated heterocycles. The quantitative estimate of drug-likeness (QED) is 0.686. The minimum absolute atomic E-state index is 0.0821. The van der Waals surface area contributed by atoms with Crippen LogP contribution in [0.2, 0.25) is 5.02 Å². The van der Waals surface area contributed by atoms with Gasteiger partial charge in [-0.2, -0.15) is 0 Å². The number of likely N-dealkylation sites (N-methyl/N-ethyl adjacent to an activating group) is 1. The summed E-state index contributed by atoms with van der Waals surface area (Å²) in [4.78, 5) is 16.9. The number of amides is 1. The zero-order valence-corrected chi connectivity index (χ0v) is 14.3. The molecular formula is C14H18ClIN2O. The Morgan fingerprint density at radius 3 is 2.47 bits per heavy atom. The highest BCUT2D eigenvalue weighted by Crippen LogP contribution is 2.22. The molecule has 0 spiro atoms. The molecule has 1 aromatic carbocycles. The SMILES string of the molecule is CC1CN(C(=O)c2cc(Cl)ccc2I)CC(C)N1C. The van der Waals surface area contributed by atoms with Crippen LogP contribution in [-0.4, -0.2) is 47.9 Å². The molecule has 3 nitrogen and oxygen atoms in total. The molecule has 2 atom stereocenters. The lowest BCUT2D eigenvalue weighted by Gasteiger charge is -2.42. The second-order valence-electron chi connectivity index (χ2n) is 5.20. The van der Waals surface area contributed by atoms with E-state index in [2.05, 4.69) is 48.4 Å². The zero-order valence-electron chi connectivity index (χ0n) is 11.4. The molecule has 0 aliphatic carbocycles. The maximum atomic E-state index is 12.6. The van der Waals surface area contributed by atoms with E-state index in [0.717, 1.165) is 16.7 Å². The van der Waals surface area contributed by atoms with Crippen LogP contribution in [0.5, 0.6) is 0 Å². The minimum Gasteiger partial charge on any atom is -0.335 e. The molecule has 1 aliphatic heterocycles. The first kappa shape index (κ1) is 15.1. The van der Waals surface area contributed by atoms with Gasteiger partial charge in [0.25, 0.3) is 5.91 Å². The Balaban J connectivity index is 2.22. The van der Waals surface area contributed by atoms with Crippen molar-refractivity contribution >= 4 is 40.1 Å². The first-order valence-corrected chi connectivity index (χ1v) is 7.82. The third-order valence-electron chi connectivity index (χ3n) is 3.81. The van der Waals surface area contributed by atoms with E-state index in [1.807, 2.05) is 17.0 Å². The molecule has 0 N–H and O–H groups in total. The fourth-order valence-corrected chi connectivity index (χ4v) is 3.14. The van der Waals surface area contributed by atoms with Gasteiger partial charge in [0.2, 0.25) is 0 Å². The fraction of sp³-hybridized carbons (Fsp3) is 0.500. The average molecular weight is 393 g/mol. The van der Waals surface area contributed by atoms with Gasteiger partial charge in [-0.3, -0.25) is 9.69 Å². The van der Waals surface area contributed by atoms with E-state index >= 15 is 0 Å². The van der Waals surface area contributed by atoms with Crippen LogP contribution in [0.15, 0.2) is 18.2 Å². The van der Waals surface area contributed by atoms with Gasteiger partial charge in [-0.05, 0) is 61.7 Å². The summed E-state index contributed by atoms with van der Waals surface area (Å²) in [5, 5.41) is 0.610. The Kier molecular flexibility index (Phi) is 4.74. The molecule has 19 heavy (non-hydrogen) atoms.